The largest absolute Gasteiger partial charge is 0.344 e. The molecule has 0 aromatic heterocycles. The summed E-state index contributed by atoms with van der Waals surface area (Å²) in [5.41, 5.74) is 0.888. The molecule has 0 N–H and O–H groups in total. The smallest absolute Gasteiger partial charge is 0.193 e. The Kier molecular flexibility index (Phi) is 3.22. The molecule has 1 aromatic carbocycles. The lowest BCUT2D eigenvalue weighted by atomic mass is 10.0. The Morgan fingerprint density at radius 3 is 2.50 bits per heavy atom. The second kappa shape index (κ2) is 4.34. The number of carbonyl (C=O) groups is 1. The monoisotopic (exact) mass is 260 g/mol. The number of hydrogen-bond donors (Lipinski definition) is 0. The first-order valence-corrected chi connectivity index (χ1v) is 5.55. The van der Waals surface area contributed by atoms with Crippen LogP contribution < -0.4 is 0 Å². The molecule has 5 heteroatoms. The van der Waals surface area contributed by atoms with Crippen LogP contribution in [-0.4, -0.2) is 19.5 Å². The predicted molar refractivity (Wildman–Crippen MR) is 61.1 cm³/mol. The van der Waals surface area contributed by atoms with E-state index in [-0.39, 0.29) is 10.6 Å². The van der Waals surface area contributed by atoms with Crippen LogP contribution in [-0.2, 0) is 15.3 Å². The summed E-state index contributed by atoms with van der Waals surface area (Å²) in [5, 5.41) is 0.609. The lowest BCUT2D eigenvalue weighted by molar-refractivity contribution is -0.149. The first-order chi connectivity index (χ1) is 7.58. The van der Waals surface area contributed by atoms with Crippen molar-refractivity contribution in [3.63, 3.8) is 0 Å². The van der Waals surface area contributed by atoms with Crippen molar-refractivity contribution in [2.75, 3.05) is 13.2 Å². The summed E-state index contributed by atoms with van der Waals surface area (Å²) in [4.78, 5) is 10.9. The molecule has 86 valence electrons. The van der Waals surface area contributed by atoms with Crippen molar-refractivity contribution in [2.45, 2.75) is 12.7 Å². The second-order valence-corrected chi connectivity index (χ2v) is 4.37. The number of ether oxygens (including phenoxy) is 2. The molecule has 1 saturated heterocycles. The van der Waals surface area contributed by atoms with Crippen LogP contribution in [0.1, 0.15) is 22.8 Å². The molecule has 1 fully saturated rings. The lowest BCUT2D eigenvalue weighted by Gasteiger charge is -2.24. The minimum Gasteiger partial charge on any atom is -0.344 e. The molecule has 0 saturated carbocycles. The SMILES string of the molecule is CC1(c2ccc(Cl)c(C=O)c2Cl)OCCO1. The van der Waals surface area contributed by atoms with E-state index in [4.69, 9.17) is 32.7 Å². The summed E-state index contributed by atoms with van der Waals surface area (Å²) in [6.45, 7) is 2.78. The van der Waals surface area contributed by atoms with Crippen LogP contribution in [0, 0.1) is 0 Å². The minimum absolute atomic E-state index is 0.265. The van der Waals surface area contributed by atoms with E-state index in [1.54, 1.807) is 19.1 Å². The summed E-state index contributed by atoms with van der Waals surface area (Å²) in [5.74, 6) is -0.889. The Morgan fingerprint density at radius 2 is 1.94 bits per heavy atom. The first-order valence-electron chi connectivity index (χ1n) is 4.80. The van der Waals surface area contributed by atoms with Gasteiger partial charge in [-0.3, -0.25) is 4.79 Å². The first kappa shape index (κ1) is 11.9. The van der Waals surface area contributed by atoms with E-state index >= 15 is 0 Å². The van der Waals surface area contributed by atoms with Crippen molar-refractivity contribution in [2.24, 2.45) is 0 Å². The molecule has 0 amide bonds. The third kappa shape index (κ3) is 1.84. The summed E-state index contributed by atoms with van der Waals surface area (Å²) in [6.07, 6.45) is 0.631. The Bertz CT molecular complexity index is 425. The third-order valence-electron chi connectivity index (χ3n) is 2.57. The van der Waals surface area contributed by atoms with Gasteiger partial charge in [-0.25, -0.2) is 0 Å². The van der Waals surface area contributed by atoms with Crippen LogP contribution in [0.2, 0.25) is 10.0 Å². The highest BCUT2D eigenvalue weighted by atomic mass is 35.5. The van der Waals surface area contributed by atoms with Gasteiger partial charge in [0, 0.05) is 5.56 Å². The van der Waals surface area contributed by atoms with Gasteiger partial charge in [-0.05, 0) is 13.0 Å². The van der Waals surface area contributed by atoms with Crippen molar-refractivity contribution in [3.05, 3.63) is 33.3 Å². The lowest BCUT2D eigenvalue weighted by Crippen LogP contribution is -2.23. The Morgan fingerprint density at radius 1 is 1.31 bits per heavy atom. The second-order valence-electron chi connectivity index (χ2n) is 3.58. The molecular weight excluding hydrogens is 251 g/mol. The van der Waals surface area contributed by atoms with Crippen LogP contribution in [0.15, 0.2) is 12.1 Å². The van der Waals surface area contributed by atoms with Gasteiger partial charge in [0.2, 0.25) is 0 Å². The molecule has 0 aliphatic carbocycles. The van der Waals surface area contributed by atoms with E-state index in [9.17, 15) is 4.79 Å². The van der Waals surface area contributed by atoms with Crippen LogP contribution in [0.5, 0.6) is 0 Å². The maximum absolute atomic E-state index is 10.9. The highest BCUT2D eigenvalue weighted by Crippen LogP contribution is 2.38. The van der Waals surface area contributed by atoms with Crippen LogP contribution in [0.4, 0.5) is 0 Å². The van der Waals surface area contributed by atoms with Gasteiger partial charge in [-0.2, -0.15) is 0 Å². The van der Waals surface area contributed by atoms with E-state index in [0.717, 1.165) is 0 Å². The van der Waals surface area contributed by atoms with Crippen molar-refractivity contribution in [3.8, 4) is 0 Å². The van der Waals surface area contributed by atoms with Gasteiger partial charge in [0.05, 0.1) is 28.8 Å². The molecule has 1 aliphatic rings. The summed E-state index contributed by atoms with van der Waals surface area (Å²) >= 11 is 12.0. The zero-order valence-electron chi connectivity index (χ0n) is 8.63. The van der Waals surface area contributed by atoms with Crippen LogP contribution >= 0.6 is 23.2 Å². The number of rotatable bonds is 2. The van der Waals surface area contributed by atoms with E-state index in [1.165, 1.54) is 0 Å². The topological polar surface area (TPSA) is 35.5 Å². The Balaban J connectivity index is 2.53. The fraction of sp³-hybridized carbons (Fsp3) is 0.364. The fourth-order valence-electron chi connectivity index (χ4n) is 1.70. The Labute approximate surface area is 103 Å². The number of halogens is 2. The normalized spacial score (nSPS) is 18.7. The van der Waals surface area contributed by atoms with Crippen LogP contribution in [0.3, 0.4) is 0 Å². The van der Waals surface area contributed by atoms with Gasteiger partial charge in [-0.1, -0.05) is 29.3 Å². The molecule has 0 atom stereocenters. The standard InChI is InChI=1S/C11H10Cl2O3/c1-11(15-4-5-16-11)8-2-3-9(12)7(6-14)10(8)13/h2-3,6H,4-5H2,1H3. The summed E-state index contributed by atoms with van der Waals surface area (Å²) in [6, 6.07) is 3.33. The number of hydrogen-bond acceptors (Lipinski definition) is 3. The zero-order valence-corrected chi connectivity index (χ0v) is 10.1. The van der Waals surface area contributed by atoms with Gasteiger partial charge in [-0.15, -0.1) is 0 Å². The van der Waals surface area contributed by atoms with E-state index in [2.05, 4.69) is 0 Å². The average molecular weight is 261 g/mol. The average Bonchev–Trinajstić information content (AvgIpc) is 2.66. The molecule has 1 heterocycles. The molecule has 1 aromatic rings. The molecule has 0 radical (unpaired) electrons. The Hall–Kier alpha value is -0.610. The fourth-order valence-corrected chi connectivity index (χ4v) is 2.33. The quantitative estimate of drug-likeness (QED) is 0.767. The zero-order chi connectivity index (χ0) is 11.8. The van der Waals surface area contributed by atoms with E-state index < -0.39 is 5.79 Å². The maximum atomic E-state index is 10.9. The molecule has 3 nitrogen and oxygen atoms in total. The molecule has 0 unspecified atom stereocenters. The molecule has 16 heavy (non-hydrogen) atoms. The summed E-state index contributed by atoms with van der Waals surface area (Å²) in [7, 11) is 0. The van der Waals surface area contributed by atoms with Crippen molar-refractivity contribution in [1.29, 1.82) is 0 Å². The van der Waals surface area contributed by atoms with Gasteiger partial charge in [0.15, 0.2) is 12.1 Å². The minimum atomic E-state index is -0.889. The maximum Gasteiger partial charge on any atom is 0.193 e. The molecule has 2 rings (SSSR count). The van der Waals surface area contributed by atoms with Gasteiger partial charge < -0.3 is 9.47 Å². The van der Waals surface area contributed by atoms with Gasteiger partial charge in [0.1, 0.15) is 0 Å². The highest BCUT2D eigenvalue weighted by molar-refractivity contribution is 6.39. The third-order valence-corrected chi connectivity index (χ3v) is 3.31. The molecule has 0 bridgehead atoms. The van der Waals surface area contributed by atoms with Gasteiger partial charge >= 0.3 is 0 Å². The van der Waals surface area contributed by atoms with Crippen molar-refractivity contribution in [1.82, 2.24) is 0 Å². The van der Waals surface area contributed by atoms with Crippen molar-refractivity contribution < 1.29 is 14.3 Å². The highest BCUT2D eigenvalue weighted by Gasteiger charge is 2.35. The number of aldehydes is 1. The molecular formula is C11H10Cl2O3. The van der Waals surface area contributed by atoms with E-state index in [1.807, 2.05) is 0 Å². The molecule has 1 aliphatic heterocycles. The van der Waals surface area contributed by atoms with Crippen LogP contribution in [0.25, 0.3) is 0 Å². The van der Waals surface area contributed by atoms with Crippen molar-refractivity contribution >= 4 is 29.5 Å². The molecule has 0 spiro atoms. The number of carbonyl (C=O) groups excluding carboxylic acids is 1. The number of benzene rings is 1. The van der Waals surface area contributed by atoms with Gasteiger partial charge in [0.25, 0.3) is 0 Å². The predicted octanol–water partition coefficient (Wildman–Crippen LogP) is 3.03. The van der Waals surface area contributed by atoms with E-state index in [0.29, 0.717) is 30.1 Å². The summed E-state index contributed by atoms with van der Waals surface area (Å²) < 4.78 is 11.0.